The lowest BCUT2D eigenvalue weighted by molar-refractivity contribution is 0.259. The third kappa shape index (κ3) is 7.19. The summed E-state index contributed by atoms with van der Waals surface area (Å²) in [7, 11) is 7.30. The minimum atomic E-state index is 0.501. The van der Waals surface area contributed by atoms with Crippen LogP contribution in [0.5, 0.6) is 17.2 Å². The zero-order valence-electron chi connectivity index (χ0n) is 18.0. The summed E-state index contributed by atoms with van der Waals surface area (Å²) in [5, 5.41) is 6.57. The van der Waals surface area contributed by atoms with E-state index in [2.05, 4.69) is 15.5 Å². The van der Waals surface area contributed by atoms with Gasteiger partial charge in [-0.2, -0.15) is 0 Å². The number of benzene rings is 2. The Balaban J connectivity index is 2.11. The summed E-state index contributed by atoms with van der Waals surface area (Å²) in [6.07, 6.45) is 0. The Morgan fingerprint density at radius 1 is 1.00 bits per heavy atom. The number of nitrogens with zero attached hydrogens (tertiary/aromatic N) is 2. The van der Waals surface area contributed by atoms with Crippen LogP contribution in [0.3, 0.4) is 0 Å². The topological polar surface area (TPSA) is 67.4 Å². The lowest BCUT2D eigenvalue weighted by Crippen LogP contribution is -2.30. The van der Waals surface area contributed by atoms with Gasteiger partial charge in [0, 0.05) is 30.4 Å². The van der Waals surface area contributed by atoms with Crippen LogP contribution in [0.1, 0.15) is 12.5 Å². The van der Waals surface area contributed by atoms with Crippen LogP contribution in [-0.2, 0) is 6.54 Å². The fourth-order valence-corrected chi connectivity index (χ4v) is 2.64. The quantitative estimate of drug-likeness (QED) is 0.472. The van der Waals surface area contributed by atoms with Crippen LogP contribution in [0.25, 0.3) is 0 Å². The summed E-state index contributed by atoms with van der Waals surface area (Å²) in [6.45, 7) is 4.78. The first-order valence-corrected chi connectivity index (χ1v) is 9.70. The van der Waals surface area contributed by atoms with Gasteiger partial charge in [0.05, 0.1) is 20.8 Å². The number of hydrogen-bond acceptors (Lipinski definition) is 5. The van der Waals surface area contributed by atoms with E-state index >= 15 is 0 Å². The maximum absolute atomic E-state index is 5.93. The Hall–Kier alpha value is -2.93. The van der Waals surface area contributed by atoms with Crippen LogP contribution < -0.4 is 24.8 Å². The van der Waals surface area contributed by atoms with Crippen molar-refractivity contribution < 1.29 is 14.2 Å². The molecule has 2 aromatic carbocycles. The van der Waals surface area contributed by atoms with Crippen LogP contribution in [0.4, 0.5) is 5.69 Å². The fraction of sp³-hybridized carbons (Fsp3) is 0.409. The van der Waals surface area contributed by atoms with Crippen LogP contribution >= 0.6 is 0 Å². The first-order chi connectivity index (χ1) is 14.1. The molecule has 0 atom stereocenters. The lowest BCUT2D eigenvalue weighted by Gasteiger charge is -2.15. The zero-order chi connectivity index (χ0) is 21.1. The highest BCUT2D eigenvalue weighted by molar-refractivity contribution is 5.93. The molecule has 0 radical (unpaired) electrons. The third-order valence-electron chi connectivity index (χ3n) is 4.17. The highest BCUT2D eigenvalue weighted by Gasteiger charge is 2.07. The Labute approximate surface area is 173 Å². The predicted molar refractivity (Wildman–Crippen MR) is 118 cm³/mol. The number of anilines is 1. The molecular formula is C22H32N4O3. The second kappa shape index (κ2) is 11.8. The monoisotopic (exact) mass is 400 g/mol. The van der Waals surface area contributed by atoms with Gasteiger partial charge < -0.3 is 29.7 Å². The van der Waals surface area contributed by atoms with E-state index in [4.69, 9.17) is 19.2 Å². The molecule has 0 aliphatic carbocycles. The molecule has 158 valence electrons. The van der Waals surface area contributed by atoms with E-state index in [1.165, 1.54) is 0 Å². The Morgan fingerprint density at radius 3 is 2.45 bits per heavy atom. The maximum Gasteiger partial charge on any atom is 0.196 e. The highest BCUT2D eigenvalue weighted by atomic mass is 16.5. The highest BCUT2D eigenvalue weighted by Crippen LogP contribution is 2.29. The first kappa shape index (κ1) is 22.4. The summed E-state index contributed by atoms with van der Waals surface area (Å²) < 4.78 is 16.6. The van der Waals surface area contributed by atoms with Crippen molar-refractivity contribution in [3.05, 3.63) is 48.0 Å². The van der Waals surface area contributed by atoms with Crippen molar-refractivity contribution in [2.75, 3.05) is 53.3 Å². The Morgan fingerprint density at radius 2 is 1.76 bits per heavy atom. The number of para-hydroxylation sites is 1. The molecule has 7 heteroatoms. The van der Waals surface area contributed by atoms with E-state index < -0.39 is 0 Å². The number of likely N-dealkylation sites (N-methyl/N-ethyl adjacent to an activating group) is 1. The largest absolute Gasteiger partial charge is 0.493 e. The summed E-state index contributed by atoms with van der Waals surface area (Å²) >= 11 is 0. The van der Waals surface area contributed by atoms with Gasteiger partial charge in [-0.25, -0.2) is 4.99 Å². The summed E-state index contributed by atoms with van der Waals surface area (Å²) in [5.41, 5.74) is 1.90. The van der Waals surface area contributed by atoms with Crippen molar-refractivity contribution >= 4 is 11.6 Å². The van der Waals surface area contributed by atoms with Crippen LogP contribution in [-0.4, -0.2) is 58.9 Å². The van der Waals surface area contributed by atoms with Crippen molar-refractivity contribution in [1.82, 2.24) is 10.2 Å². The van der Waals surface area contributed by atoms with Crippen LogP contribution in [0.15, 0.2) is 47.5 Å². The summed E-state index contributed by atoms with van der Waals surface area (Å²) in [4.78, 5) is 6.81. The molecule has 0 bridgehead atoms. The second-order valence-corrected chi connectivity index (χ2v) is 6.65. The van der Waals surface area contributed by atoms with E-state index in [0.717, 1.165) is 30.1 Å². The molecule has 0 saturated carbocycles. The predicted octanol–water partition coefficient (Wildman–Crippen LogP) is 3.22. The van der Waals surface area contributed by atoms with E-state index in [1.54, 1.807) is 14.2 Å². The number of guanidine groups is 1. The van der Waals surface area contributed by atoms with Gasteiger partial charge in [0.2, 0.25) is 0 Å². The van der Waals surface area contributed by atoms with Gasteiger partial charge in [0.15, 0.2) is 17.5 Å². The van der Waals surface area contributed by atoms with Gasteiger partial charge in [0.1, 0.15) is 12.4 Å². The minimum Gasteiger partial charge on any atom is -0.493 e. The van der Waals surface area contributed by atoms with E-state index in [1.807, 2.05) is 63.5 Å². The average molecular weight is 401 g/mol. The summed E-state index contributed by atoms with van der Waals surface area (Å²) in [5.74, 6) is 2.89. The van der Waals surface area contributed by atoms with Gasteiger partial charge in [-0.15, -0.1) is 0 Å². The molecule has 0 heterocycles. The van der Waals surface area contributed by atoms with E-state index in [-0.39, 0.29) is 0 Å². The molecule has 29 heavy (non-hydrogen) atoms. The molecule has 0 fully saturated rings. The van der Waals surface area contributed by atoms with Crippen molar-refractivity contribution in [1.29, 1.82) is 0 Å². The fourth-order valence-electron chi connectivity index (χ4n) is 2.64. The molecule has 0 saturated heterocycles. The van der Waals surface area contributed by atoms with E-state index in [0.29, 0.717) is 30.6 Å². The van der Waals surface area contributed by atoms with Crippen LogP contribution in [0, 0.1) is 0 Å². The molecule has 0 aliphatic rings. The molecule has 2 rings (SSSR count). The van der Waals surface area contributed by atoms with Crippen LogP contribution in [0.2, 0.25) is 0 Å². The summed E-state index contributed by atoms with van der Waals surface area (Å²) in [6, 6.07) is 13.7. The Bertz CT molecular complexity index is 793. The third-order valence-corrected chi connectivity index (χ3v) is 4.17. The molecule has 0 aromatic heterocycles. The van der Waals surface area contributed by atoms with Crippen molar-refractivity contribution in [2.45, 2.75) is 13.5 Å². The normalized spacial score (nSPS) is 11.3. The van der Waals surface area contributed by atoms with Crippen molar-refractivity contribution in [3.63, 3.8) is 0 Å². The number of methoxy groups -OCH3 is 2. The van der Waals surface area contributed by atoms with Crippen molar-refractivity contribution in [2.24, 2.45) is 4.99 Å². The number of ether oxygens (including phenoxy) is 3. The molecular weight excluding hydrogens is 368 g/mol. The average Bonchev–Trinajstić information content (AvgIpc) is 2.72. The molecule has 2 aromatic rings. The van der Waals surface area contributed by atoms with Gasteiger partial charge in [0.25, 0.3) is 0 Å². The van der Waals surface area contributed by atoms with Gasteiger partial charge >= 0.3 is 0 Å². The lowest BCUT2D eigenvalue weighted by atomic mass is 10.2. The Kier molecular flexibility index (Phi) is 9.11. The number of hydrogen-bond donors (Lipinski definition) is 2. The van der Waals surface area contributed by atoms with Gasteiger partial charge in [-0.05, 0) is 39.2 Å². The molecule has 2 N–H and O–H groups in total. The second-order valence-electron chi connectivity index (χ2n) is 6.65. The zero-order valence-corrected chi connectivity index (χ0v) is 18.0. The maximum atomic E-state index is 5.93. The van der Waals surface area contributed by atoms with Crippen molar-refractivity contribution in [3.8, 4) is 17.2 Å². The molecule has 0 amide bonds. The molecule has 0 unspecified atom stereocenters. The number of nitrogens with one attached hydrogen (secondary N) is 2. The van der Waals surface area contributed by atoms with Gasteiger partial charge in [-0.1, -0.05) is 18.2 Å². The van der Waals surface area contributed by atoms with E-state index in [9.17, 15) is 0 Å². The number of aliphatic imine (C=N–C) groups is 1. The molecule has 0 spiro atoms. The molecule has 0 aliphatic heterocycles. The standard InChI is InChI=1S/C22H32N4O3/c1-6-23-22(25-18-11-12-20(27-4)21(15-18)28-5)24-16-17-9-7-8-10-19(17)29-14-13-26(2)3/h7-12,15H,6,13-14,16H2,1-5H3,(H2,23,24,25). The SMILES string of the molecule is CCNC(=NCc1ccccc1OCCN(C)C)Nc1ccc(OC)c(OC)c1. The molecule has 7 nitrogen and oxygen atoms in total. The number of rotatable bonds is 10. The van der Waals surface area contributed by atoms with Gasteiger partial charge in [-0.3, -0.25) is 0 Å². The first-order valence-electron chi connectivity index (χ1n) is 9.70. The smallest absolute Gasteiger partial charge is 0.196 e. The minimum absolute atomic E-state index is 0.501.